The van der Waals surface area contributed by atoms with Gasteiger partial charge < -0.3 is 29.1 Å². The van der Waals surface area contributed by atoms with Gasteiger partial charge >= 0.3 is 0 Å². The molecule has 8 heteroatoms. The van der Waals surface area contributed by atoms with E-state index in [0.29, 0.717) is 41.5 Å². The van der Waals surface area contributed by atoms with Crippen LogP contribution < -0.4 is 14.2 Å². The van der Waals surface area contributed by atoms with Crippen molar-refractivity contribution in [1.82, 2.24) is 9.80 Å². The number of carbonyl (C=O) groups is 2. The lowest BCUT2D eigenvalue weighted by Gasteiger charge is -2.27. The molecule has 1 fully saturated rings. The number of hydrogen-bond donors (Lipinski definition) is 1. The lowest BCUT2D eigenvalue weighted by atomic mass is 9.95. The molecule has 2 aromatic carbocycles. The topological polar surface area (TPSA) is 88.5 Å². The molecule has 1 saturated heterocycles. The highest BCUT2D eigenvalue weighted by Crippen LogP contribution is 2.42. The predicted octanol–water partition coefficient (Wildman–Crippen LogP) is 2.70. The lowest BCUT2D eigenvalue weighted by molar-refractivity contribution is -0.140. The molecule has 1 heterocycles. The van der Waals surface area contributed by atoms with Gasteiger partial charge in [0.2, 0.25) is 0 Å². The number of Topliss-reactive ketones (excluding diaryl/α,β-unsaturated/α-hetero) is 1. The Labute approximate surface area is 187 Å². The lowest BCUT2D eigenvalue weighted by Crippen LogP contribution is -2.35. The fourth-order valence-electron chi connectivity index (χ4n) is 3.71. The molecule has 1 N–H and O–H groups in total. The van der Waals surface area contributed by atoms with Gasteiger partial charge in [-0.2, -0.15) is 0 Å². The second-order valence-electron chi connectivity index (χ2n) is 7.64. The molecule has 0 radical (unpaired) electrons. The van der Waals surface area contributed by atoms with Crippen LogP contribution in [0.5, 0.6) is 17.2 Å². The summed E-state index contributed by atoms with van der Waals surface area (Å²) in [4.78, 5) is 29.5. The first-order valence-electron chi connectivity index (χ1n) is 10.1. The zero-order valence-electron chi connectivity index (χ0n) is 18.9. The highest BCUT2D eigenvalue weighted by molar-refractivity contribution is 6.46. The summed E-state index contributed by atoms with van der Waals surface area (Å²) >= 11 is 0. The minimum absolute atomic E-state index is 0.0224. The normalized spacial score (nSPS) is 17.7. The first-order chi connectivity index (χ1) is 15.3. The smallest absolute Gasteiger partial charge is 0.295 e. The second kappa shape index (κ2) is 9.74. The Morgan fingerprint density at radius 2 is 1.72 bits per heavy atom. The Kier molecular flexibility index (Phi) is 7.05. The zero-order chi connectivity index (χ0) is 23.4. The number of likely N-dealkylation sites (N-methyl/N-ethyl adjacent to an activating group) is 1. The predicted molar refractivity (Wildman–Crippen MR) is 120 cm³/mol. The number of ether oxygens (including phenoxy) is 3. The van der Waals surface area contributed by atoms with Crippen LogP contribution in [0.4, 0.5) is 0 Å². The molecule has 1 aliphatic heterocycles. The van der Waals surface area contributed by atoms with Gasteiger partial charge in [-0.05, 0) is 43.9 Å². The zero-order valence-corrected chi connectivity index (χ0v) is 18.9. The third-order valence-corrected chi connectivity index (χ3v) is 5.39. The van der Waals surface area contributed by atoms with Crippen molar-refractivity contribution in [1.29, 1.82) is 0 Å². The van der Waals surface area contributed by atoms with Gasteiger partial charge in [-0.3, -0.25) is 9.59 Å². The fourth-order valence-corrected chi connectivity index (χ4v) is 3.71. The molecule has 0 aromatic heterocycles. The Bertz CT molecular complexity index is 1050. The number of likely N-dealkylation sites (tertiary alicyclic amines) is 1. The van der Waals surface area contributed by atoms with Crippen molar-refractivity contribution in [3.63, 3.8) is 0 Å². The summed E-state index contributed by atoms with van der Waals surface area (Å²) < 4.78 is 16.0. The van der Waals surface area contributed by atoms with Gasteiger partial charge in [0.1, 0.15) is 11.5 Å². The molecule has 0 saturated carbocycles. The molecule has 0 unspecified atom stereocenters. The van der Waals surface area contributed by atoms with E-state index in [4.69, 9.17) is 14.2 Å². The van der Waals surface area contributed by atoms with Crippen molar-refractivity contribution in [2.75, 3.05) is 48.5 Å². The van der Waals surface area contributed by atoms with Crippen LogP contribution in [0.3, 0.4) is 0 Å². The molecule has 32 heavy (non-hydrogen) atoms. The summed E-state index contributed by atoms with van der Waals surface area (Å²) in [5, 5.41) is 11.1. The highest BCUT2D eigenvalue weighted by atomic mass is 16.5. The van der Waals surface area contributed by atoms with Gasteiger partial charge in [-0.1, -0.05) is 18.2 Å². The van der Waals surface area contributed by atoms with Crippen molar-refractivity contribution in [2.45, 2.75) is 6.04 Å². The minimum atomic E-state index is -0.777. The van der Waals surface area contributed by atoms with Gasteiger partial charge in [0.05, 0.1) is 32.9 Å². The van der Waals surface area contributed by atoms with E-state index in [1.807, 2.05) is 19.0 Å². The van der Waals surface area contributed by atoms with Crippen molar-refractivity contribution in [3.05, 3.63) is 59.2 Å². The highest BCUT2D eigenvalue weighted by Gasteiger charge is 2.46. The van der Waals surface area contributed by atoms with Crippen LogP contribution in [0.15, 0.2) is 48.0 Å². The van der Waals surface area contributed by atoms with Crippen LogP contribution in [0, 0.1) is 0 Å². The van der Waals surface area contributed by atoms with E-state index in [2.05, 4.69) is 0 Å². The standard InChI is InChI=1S/C24H28N2O6/c1-25(2)11-12-26-21(15-9-10-18(31-4)19(14-15)32-5)20(23(28)24(26)29)22(27)16-7-6-8-17(13-16)30-3/h6-10,13-14,21,27H,11-12H2,1-5H3/b22-20+/t21-/m0/s1. The molecule has 1 amide bonds. The fraction of sp³-hybridized carbons (Fsp3) is 0.333. The monoisotopic (exact) mass is 440 g/mol. The number of aliphatic hydroxyl groups is 1. The first kappa shape index (κ1) is 23.1. The van der Waals surface area contributed by atoms with E-state index in [0.717, 1.165) is 0 Å². The molecule has 2 aromatic rings. The van der Waals surface area contributed by atoms with Crippen molar-refractivity contribution < 1.29 is 28.9 Å². The summed E-state index contributed by atoms with van der Waals surface area (Å²) in [5.41, 5.74) is 1.04. The molecule has 0 aliphatic carbocycles. The molecule has 170 valence electrons. The van der Waals surface area contributed by atoms with E-state index in [-0.39, 0.29) is 11.3 Å². The van der Waals surface area contributed by atoms with Gasteiger partial charge in [0.15, 0.2) is 11.5 Å². The molecule has 3 rings (SSSR count). The summed E-state index contributed by atoms with van der Waals surface area (Å²) in [5.74, 6) is -0.133. The van der Waals surface area contributed by atoms with E-state index in [1.54, 1.807) is 42.5 Å². The molecular weight excluding hydrogens is 412 g/mol. The largest absolute Gasteiger partial charge is 0.507 e. The van der Waals surface area contributed by atoms with Crippen molar-refractivity contribution in [3.8, 4) is 17.2 Å². The number of carbonyl (C=O) groups excluding carboxylic acids is 2. The Hall–Kier alpha value is -3.52. The van der Waals surface area contributed by atoms with E-state index >= 15 is 0 Å². The molecule has 0 bridgehead atoms. The average Bonchev–Trinajstić information content (AvgIpc) is 3.06. The van der Waals surface area contributed by atoms with Gasteiger partial charge in [0.25, 0.3) is 11.7 Å². The van der Waals surface area contributed by atoms with Crippen LogP contribution in [0.2, 0.25) is 0 Å². The Morgan fingerprint density at radius 3 is 2.34 bits per heavy atom. The second-order valence-corrected chi connectivity index (χ2v) is 7.64. The van der Waals surface area contributed by atoms with Crippen LogP contribution in [-0.4, -0.2) is 75.1 Å². The van der Waals surface area contributed by atoms with Crippen LogP contribution in [0.25, 0.3) is 5.76 Å². The Morgan fingerprint density at radius 1 is 1.00 bits per heavy atom. The van der Waals surface area contributed by atoms with Gasteiger partial charge in [0, 0.05) is 18.7 Å². The number of nitrogens with zero attached hydrogens (tertiary/aromatic N) is 2. The molecule has 0 spiro atoms. The Balaban J connectivity index is 2.19. The summed E-state index contributed by atoms with van der Waals surface area (Å²) in [7, 11) is 8.34. The van der Waals surface area contributed by atoms with Crippen LogP contribution in [-0.2, 0) is 9.59 Å². The quantitative estimate of drug-likeness (QED) is 0.384. The first-order valence-corrected chi connectivity index (χ1v) is 10.1. The molecule has 1 atom stereocenters. The number of hydrogen-bond acceptors (Lipinski definition) is 7. The van der Waals surface area contributed by atoms with Crippen LogP contribution >= 0.6 is 0 Å². The maximum absolute atomic E-state index is 13.1. The maximum Gasteiger partial charge on any atom is 0.295 e. The average molecular weight is 440 g/mol. The van der Waals surface area contributed by atoms with E-state index < -0.39 is 17.7 Å². The third kappa shape index (κ3) is 4.40. The molecular formula is C24H28N2O6. The van der Waals surface area contributed by atoms with Crippen molar-refractivity contribution >= 4 is 17.4 Å². The number of methoxy groups -OCH3 is 3. The molecule has 8 nitrogen and oxygen atoms in total. The van der Waals surface area contributed by atoms with E-state index in [9.17, 15) is 14.7 Å². The maximum atomic E-state index is 13.1. The number of rotatable bonds is 8. The number of amides is 1. The summed E-state index contributed by atoms with van der Waals surface area (Å²) in [6.45, 7) is 0.863. The summed E-state index contributed by atoms with van der Waals surface area (Å²) in [6, 6.07) is 11.1. The minimum Gasteiger partial charge on any atom is -0.507 e. The number of ketones is 1. The van der Waals surface area contributed by atoms with Crippen LogP contribution in [0.1, 0.15) is 17.2 Å². The molecule has 1 aliphatic rings. The SMILES string of the molecule is COc1cccc(/C(O)=C2\C(=O)C(=O)N(CCN(C)C)[C@H]2c2ccc(OC)c(OC)c2)c1. The van der Waals surface area contributed by atoms with Gasteiger partial charge in [-0.25, -0.2) is 0 Å². The van der Waals surface area contributed by atoms with Gasteiger partial charge in [-0.15, -0.1) is 0 Å². The third-order valence-electron chi connectivity index (χ3n) is 5.39. The van der Waals surface area contributed by atoms with E-state index in [1.165, 1.54) is 26.2 Å². The van der Waals surface area contributed by atoms with Crippen molar-refractivity contribution in [2.24, 2.45) is 0 Å². The number of benzene rings is 2. The number of aliphatic hydroxyl groups excluding tert-OH is 1. The summed E-state index contributed by atoms with van der Waals surface area (Å²) in [6.07, 6.45) is 0.